The summed E-state index contributed by atoms with van der Waals surface area (Å²) in [5.41, 5.74) is -1.23. The second kappa shape index (κ2) is 7.86. The highest BCUT2D eigenvalue weighted by atomic mass is 35.5. The average molecular weight is 280 g/mol. The SMILES string of the molecule is CCC(Cl)(OC(=O)Cl)C(=O)O.c1ccncc1. The van der Waals surface area contributed by atoms with Crippen LogP contribution >= 0.6 is 23.2 Å². The van der Waals surface area contributed by atoms with E-state index in [1.807, 2.05) is 18.2 Å². The van der Waals surface area contributed by atoms with Crippen molar-refractivity contribution in [3.05, 3.63) is 30.6 Å². The van der Waals surface area contributed by atoms with Crippen molar-refractivity contribution in [2.24, 2.45) is 0 Å². The Hall–Kier alpha value is -1.33. The molecule has 1 unspecified atom stereocenters. The van der Waals surface area contributed by atoms with Crippen LogP contribution in [0.5, 0.6) is 0 Å². The molecular weight excluding hydrogens is 269 g/mol. The maximum absolute atomic E-state index is 10.3. The van der Waals surface area contributed by atoms with Crippen molar-refractivity contribution in [1.29, 1.82) is 0 Å². The van der Waals surface area contributed by atoms with E-state index in [0.717, 1.165) is 0 Å². The summed E-state index contributed by atoms with van der Waals surface area (Å²) in [7, 11) is 0. The number of ether oxygens (including phenoxy) is 1. The summed E-state index contributed by atoms with van der Waals surface area (Å²) >= 11 is 10.1. The minimum atomic E-state index is -2.03. The monoisotopic (exact) mass is 279 g/mol. The van der Waals surface area contributed by atoms with Gasteiger partial charge in [0.1, 0.15) is 0 Å². The second-order valence-electron chi connectivity index (χ2n) is 2.75. The Morgan fingerprint density at radius 1 is 1.35 bits per heavy atom. The van der Waals surface area contributed by atoms with Crippen molar-refractivity contribution in [2.45, 2.75) is 18.4 Å². The summed E-state index contributed by atoms with van der Waals surface area (Å²) in [6.45, 7) is 1.46. The zero-order chi connectivity index (χ0) is 13.3. The number of carbonyl (C=O) groups is 2. The number of rotatable bonds is 3. The van der Waals surface area contributed by atoms with E-state index < -0.39 is 16.5 Å². The molecule has 0 fully saturated rings. The highest BCUT2D eigenvalue weighted by Crippen LogP contribution is 2.22. The largest absolute Gasteiger partial charge is 0.477 e. The first-order valence-electron chi connectivity index (χ1n) is 4.58. The summed E-state index contributed by atoms with van der Waals surface area (Å²) in [5, 5.41) is 6.38. The van der Waals surface area contributed by atoms with Crippen LogP contribution < -0.4 is 0 Å². The van der Waals surface area contributed by atoms with E-state index in [1.54, 1.807) is 12.4 Å². The summed E-state index contributed by atoms with van der Waals surface area (Å²) in [6, 6.07) is 5.72. The zero-order valence-corrected chi connectivity index (χ0v) is 10.5. The first kappa shape index (κ1) is 15.7. The van der Waals surface area contributed by atoms with Crippen molar-refractivity contribution in [3.8, 4) is 0 Å². The van der Waals surface area contributed by atoms with E-state index >= 15 is 0 Å². The lowest BCUT2D eigenvalue weighted by atomic mass is 10.3. The van der Waals surface area contributed by atoms with Crippen LogP contribution in [0.25, 0.3) is 0 Å². The van der Waals surface area contributed by atoms with Gasteiger partial charge in [0.05, 0.1) is 0 Å². The number of pyridine rings is 1. The van der Waals surface area contributed by atoms with E-state index in [9.17, 15) is 9.59 Å². The molecule has 1 rings (SSSR count). The molecule has 0 aliphatic carbocycles. The van der Waals surface area contributed by atoms with Crippen molar-refractivity contribution in [3.63, 3.8) is 0 Å². The molecule has 0 aliphatic heterocycles. The number of carbonyl (C=O) groups excluding carboxylic acids is 1. The Morgan fingerprint density at radius 2 is 1.88 bits per heavy atom. The summed E-state index contributed by atoms with van der Waals surface area (Å²) in [4.78, 5) is 24.2. The van der Waals surface area contributed by atoms with Crippen LogP contribution in [-0.4, -0.2) is 26.5 Å². The molecule has 0 saturated carbocycles. The van der Waals surface area contributed by atoms with Crippen LogP contribution in [0.15, 0.2) is 30.6 Å². The fourth-order valence-corrected chi connectivity index (χ4v) is 0.948. The molecule has 1 aromatic heterocycles. The summed E-state index contributed by atoms with van der Waals surface area (Å²) < 4.78 is 4.14. The lowest BCUT2D eigenvalue weighted by Crippen LogP contribution is -2.35. The number of hydrogen-bond acceptors (Lipinski definition) is 4. The molecule has 1 aromatic rings. The predicted molar refractivity (Wildman–Crippen MR) is 63.1 cm³/mol. The quantitative estimate of drug-likeness (QED) is 0.680. The lowest BCUT2D eigenvalue weighted by Gasteiger charge is -2.18. The average Bonchev–Trinajstić information content (AvgIpc) is 2.31. The Labute approximate surface area is 108 Å². The van der Waals surface area contributed by atoms with Crippen molar-refractivity contribution in [1.82, 2.24) is 4.98 Å². The van der Waals surface area contributed by atoms with E-state index in [4.69, 9.17) is 28.3 Å². The summed E-state index contributed by atoms with van der Waals surface area (Å²) in [5.74, 6) is -1.43. The molecule has 17 heavy (non-hydrogen) atoms. The van der Waals surface area contributed by atoms with E-state index in [1.165, 1.54) is 6.92 Å². The molecule has 1 heterocycles. The molecule has 0 saturated heterocycles. The van der Waals surface area contributed by atoms with Crippen LogP contribution in [0.2, 0.25) is 0 Å². The van der Waals surface area contributed by atoms with Crippen LogP contribution in [-0.2, 0) is 9.53 Å². The maximum Gasteiger partial charge on any atom is 0.405 e. The van der Waals surface area contributed by atoms with Gasteiger partial charge in [0, 0.05) is 30.4 Å². The molecule has 0 aliphatic rings. The van der Waals surface area contributed by atoms with Crippen molar-refractivity contribution < 1.29 is 19.4 Å². The van der Waals surface area contributed by atoms with E-state index in [-0.39, 0.29) is 6.42 Å². The molecule has 0 aromatic carbocycles. The van der Waals surface area contributed by atoms with Crippen LogP contribution in [0, 0.1) is 0 Å². The summed E-state index contributed by atoms with van der Waals surface area (Å²) in [6.07, 6.45) is 3.45. The van der Waals surface area contributed by atoms with Gasteiger partial charge < -0.3 is 9.84 Å². The van der Waals surface area contributed by atoms with Gasteiger partial charge in [0.15, 0.2) is 0 Å². The maximum atomic E-state index is 10.3. The van der Waals surface area contributed by atoms with Gasteiger partial charge in [-0.2, -0.15) is 0 Å². The first-order chi connectivity index (χ1) is 7.92. The highest BCUT2D eigenvalue weighted by molar-refractivity contribution is 6.61. The minimum Gasteiger partial charge on any atom is -0.477 e. The second-order valence-corrected chi connectivity index (χ2v) is 3.67. The van der Waals surface area contributed by atoms with Gasteiger partial charge in [-0.3, -0.25) is 4.98 Å². The molecule has 0 amide bonds. The van der Waals surface area contributed by atoms with Crippen molar-refractivity contribution >= 4 is 34.6 Å². The Bertz CT molecular complexity index is 334. The number of halogens is 2. The van der Waals surface area contributed by atoms with E-state index in [0.29, 0.717) is 0 Å². The fourth-order valence-electron chi connectivity index (χ4n) is 0.707. The third-order valence-corrected chi connectivity index (χ3v) is 2.17. The molecule has 1 atom stereocenters. The Balaban J connectivity index is 0.000000354. The van der Waals surface area contributed by atoms with E-state index in [2.05, 4.69) is 9.72 Å². The number of aliphatic carboxylic acids is 1. The molecule has 5 nitrogen and oxygen atoms in total. The Morgan fingerprint density at radius 3 is 2.00 bits per heavy atom. The third kappa shape index (κ3) is 6.76. The van der Waals surface area contributed by atoms with Crippen LogP contribution in [0.3, 0.4) is 0 Å². The zero-order valence-electron chi connectivity index (χ0n) is 8.97. The van der Waals surface area contributed by atoms with Gasteiger partial charge >= 0.3 is 11.4 Å². The van der Waals surface area contributed by atoms with Crippen molar-refractivity contribution in [2.75, 3.05) is 0 Å². The number of alkyl halides is 1. The fraction of sp³-hybridized carbons (Fsp3) is 0.300. The standard InChI is InChI=1S/C5H6Cl2O4.C5H5N/c1-2-5(7,3(8)9)11-4(6)10;1-2-4-6-5-3-1/h2H2,1H3,(H,8,9);1-5H. The van der Waals surface area contributed by atoms with Gasteiger partial charge in [-0.25, -0.2) is 9.59 Å². The van der Waals surface area contributed by atoms with Gasteiger partial charge in [-0.15, -0.1) is 0 Å². The minimum absolute atomic E-state index is 0.0532. The number of carboxylic acid groups (broad SMARTS) is 1. The molecule has 7 heteroatoms. The first-order valence-corrected chi connectivity index (χ1v) is 5.33. The van der Waals surface area contributed by atoms with Crippen LogP contribution in [0.1, 0.15) is 13.3 Å². The number of hydrogen-bond donors (Lipinski definition) is 1. The number of nitrogens with zero attached hydrogens (tertiary/aromatic N) is 1. The molecule has 0 radical (unpaired) electrons. The molecule has 0 bridgehead atoms. The molecule has 1 N–H and O–H groups in total. The van der Waals surface area contributed by atoms with Gasteiger partial charge in [-0.05, 0) is 12.1 Å². The lowest BCUT2D eigenvalue weighted by molar-refractivity contribution is -0.149. The molecule has 0 spiro atoms. The highest BCUT2D eigenvalue weighted by Gasteiger charge is 2.38. The third-order valence-electron chi connectivity index (χ3n) is 1.58. The molecule has 94 valence electrons. The normalized spacial score (nSPS) is 12.6. The predicted octanol–water partition coefficient (Wildman–Crippen LogP) is 2.87. The number of aromatic nitrogens is 1. The van der Waals surface area contributed by atoms with Gasteiger partial charge in [0.25, 0.3) is 5.06 Å². The Kier molecular flexibility index (Phi) is 7.25. The van der Waals surface area contributed by atoms with Gasteiger partial charge in [0.2, 0.25) is 0 Å². The molecular formula is C10H11Cl2NO4. The van der Waals surface area contributed by atoms with Gasteiger partial charge in [-0.1, -0.05) is 24.6 Å². The topological polar surface area (TPSA) is 76.5 Å². The number of carboxylic acids is 1. The van der Waals surface area contributed by atoms with Crippen LogP contribution in [0.4, 0.5) is 4.79 Å². The smallest absolute Gasteiger partial charge is 0.405 e.